The molecular formula is C34H45N3O5S. The van der Waals surface area contributed by atoms with Crippen LogP contribution in [-0.2, 0) is 25.2 Å². The van der Waals surface area contributed by atoms with Gasteiger partial charge in [0.15, 0.2) is 5.78 Å². The molecule has 1 atom stereocenters. The van der Waals surface area contributed by atoms with Gasteiger partial charge >= 0.3 is 0 Å². The van der Waals surface area contributed by atoms with E-state index in [-0.39, 0.29) is 40.4 Å². The van der Waals surface area contributed by atoms with Crippen LogP contribution in [0.2, 0.25) is 0 Å². The molecule has 5 rings (SSSR count). The SMILES string of the molecule is COc1cc(C)c(S(=O)(=O)N2C=CCC(=O)[C@H]2CC(=O)N2CCC3(CC2)CCC(c2ccccc2)(N(C)C)CC3)c(C)c1. The van der Waals surface area contributed by atoms with Gasteiger partial charge in [-0.05, 0) is 101 Å². The second-order valence-corrected chi connectivity index (χ2v) is 14.7. The molecule has 2 heterocycles. The Morgan fingerprint density at radius 2 is 1.58 bits per heavy atom. The summed E-state index contributed by atoms with van der Waals surface area (Å²) in [5, 5.41) is 0. The lowest BCUT2D eigenvalue weighted by atomic mass is 9.61. The molecule has 8 nitrogen and oxygen atoms in total. The highest BCUT2D eigenvalue weighted by Gasteiger charge is 2.47. The Hall–Kier alpha value is -3.17. The highest BCUT2D eigenvalue weighted by molar-refractivity contribution is 7.89. The molecule has 1 saturated carbocycles. The summed E-state index contributed by atoms with van der Waals surface area (Å²) in [4.78, 5) is 31.0. The van der Waals surface area contributed by atoms with Crippen molar-refractivity contribution in [1.82, 2.24) is 14.1 Å². The van der Waals surface area contributed by atoms with E-state index in [9.17, 15) is 18.0 Å². The third-order valence-electron chi connectivity index (χ3n) is 10.3. The van der Waals surface area contributed by atoms with E-state index < -0.39 is 16.1 Å². The molecule has 1 spiro atoms. The van der Waals surface area contributed by atoms with Gasteiger partial charge in [0.25, 0.3) is 10.0 Å². The molecular weight excluding hydrogens is 562 g/mol. The van der Waals surface area contributed by atoms with Crippen LogP contribution in [0, 0.1) is 19.3 Å². The Balaban J connectivity index is 1.26. The quantitative estimate of drug-likeness (QED) is 0.431. The van der Waals surface area contributed by atoms with Gasteiger partial charge in [-0.15, -0.1) is 0 Å². The van der Waals surface area contributed by atoms with E-state index >= 15 is 0 Å². The molecule has 43 heavy (non-hydrogen) atoms. The predicted molar refractivity (Wildman–Crippen MR) is 167 cm³/mol. The monoisotopic (exact) mass is 607 g/mol. The average Bonchev–Trinajstić information content (AvgIpc) is 2.98. The molecule has 0 bridgehead atoms. The second-order valence-electron chi connectivity index (χ2n) is 12.9. The number of hydrogen-bond acceptors (Lipinski definition) is 6. The maximum atomic E-state index is 13.9. The van der Waals surface area contributed by atoms with Gasteiger partial charge < -0.3 is 9.64 Å². The highest BCUT2D eigenvalue weighted by Crippen LogP contribution is 2.52. The van der Waals surface area contributed by atoms with Crippen molar-refractivity contribution in [3.05, 3.63) is 71.4 Å². The first-order valence-electron chi connectivity index (χ1n) is 15.3. The van der Waals surface area contributed by atoms with E-state index in [1.165, 1.54) is 18.9 Å². The zero-order valence-corrected chi connectivity index (χ0v) is 27.0. The second kappa shape index (κ2) is 12.1. The third kappa shape index (κ3) is 5.86. The first kappa shape index (κ1) is 31.3. The van der Waals surface area contributed by atoms with Crippen LogP contribution in [-0.4, -0.2) is 74.5 Å². The first-order valence-corrected chi connectivity index (χ1v) is 16.8. The van der Waals surface area contributed by atoms with Crippen molar-refractivity contribution >= 4 is 21.7 Å². The summed E-state index contributed by atoms with van der Waals surface area (Å²) in [6.07, 6.45) is 9.23. The summed E-state index contributed by atoms with van der Waals surface area (Å²) in [6, 6.07) is 13.1. The van der Waals surface area contributed by atoms with Crippen molar-refractivity contribution in [3.63, 3.8) is 0 Å². The zero-order valence-electron chi connectivity index (χ0n) is 26.1. The van der Waals surface area contributed by atoms with E-state index in [0.717, 1.165) is 42.8 Å². The number of carbonyl (C=O) groups is 2. The number of benzene rings is 2. The average molecular weight is 608 g/mol. The van der Waals surface area contributed by atoms with E-state index in [4.69, 9.17) is 4.74 Å². The first-order chi connectivity index (χ1) is 20.4. The number of ether oxygens (including phenoxy) is 1. The van der Waals surface area contributed by atoms with Crippen LogP contribution < -0.4 is 4.74 Å². The maximum Gasteiger partial charge on any atom is 0.265 e. The number of amides is 1. The molecule has 2 fully saturated rings. The number of sulfonamides is 1. The lowest BCUT2D eigenvalue weighted by molar-refractivity contribution is -0.137. The van der Waals surface area contributed by atoms with Gasteiger partial charge in [-0.2, -0.15) is 0 Å². The molecule has 2 aromatic carbocycles. The molecule has 9 heteroatoms. The van der Waals surface area contributed by atoms with Crippen LogP contribution in [0.15, 0.2) is 59.6 Å². The summed E-state index contributed by atoms with van der Waals surface area (Å²) in [5.74, 6) is 0.152. The molecule has 1 amide bonds. The minimum Gasteiger partial charge on any atom is -0.497 e. The number of rotatable bonds is 7. The van der Waals surface area contributed by atoms with Crippen molar-refractivity contribution in [2.45, 2.75) is 81.7 Å². The van der Waals surface area contributed by atoms with Crippen molar-refractivity contribution in [3.8, 4) is 5.75 Å². The number of aryl methyl sites for hydroxylation is 2. The van der Waals surface area contributed by atoms with Crippen molar-refractivity contribution in [2.75, 3.05) is 34.3 Å². The van der Waals surface area contributed by atoms with Crippen molar-refractivity contribution in [2.24, 2.45) is 5.41 Å². The fourth-order valence-corrected chi connectivity index (χ4v) is 9.52. The minimum atomic E-state index is -4.07. The van der Waals surface area contributed by atoms with Gasteiger partial charge in [0.2, 0.25) is 5.91 Å². The summed E-state index contributed by atoms with van der Waals surface area (Å²) >= 11 is 0. The molecule has 1 saturated heterocycles. The molecule has 0 radical (unpaired) electrons. The number of allylic oxidation sites excluding steroid dienone is 1. The lowest BCUT2D eigenvalue weighted by Crippen LogP contribution is -2.51. The maximum absolute atomic E-state index is 13.9. The molecule has 1 aliphatic carbocycles. The Kier molecular flexibility index (Phi) is 8.78. The fourth-order valence-electron chi connectivity index (χ4n) is 7.61. The van der Waals surface area contributed by atoms with Crippen LogP contribution in [0.25, 0.3) is 0 Å². The van der Waals surface area contributed by atoms with Crippen LogP contribution >= 0.6 is 0 Å². The molecule has 2 aromatic rings. The summed E-state index contributed by atoms with van der Waals surface area (Å²) in [6.45, 7) is 4.71. The van der Waals surface area contributed by atoms with Crippen LogP contribution in [0.5, 0.6) is 5.75 Å². The Labute approximate surface area is 256 Å². The van der Waals surface area contributed by atoms with E-state index in [1.807, 2.05) is 4.90 Å². The van der Waals surface area contributed by atoms with Crippen molar-refractivity contribution in [1.29, 1.82) is 0 Å². The molecule has 0 N–H and O–H groups in total. The van der Waals surface area contributed by atoms with Gasteiger partial charge in [-0.3, -0.25) is 18.8 Å². The Morgan fingerprint density at radius 1 is 0.977 bits per heavy atom. The van der Waals surface area contributed by atoms with Gasteiger partial charge in [-0.1, -0.05) is 36.4 Å². The fraction of sp³-hybridized carbons (Fsp3) is 0.529. The molecule has 232 valence electrons. The summed E-state index contributed by atoms with van der Waals surface area (Å²) in [7, 11) is 1.81. The number of Topliss-reactive ketones (excluding diaryl/α,β-unsaturated/α-hetero) is 1. The predicted octanol–water partition coefficient (Wildman–Crippen LogP) is 5.19. The number of methoxy groups -OCH3 is 1. The van der Waals surface area contributed by atoms with Gasteiger partial charge in [0.1, 0.15) is 11.8 Å². The van der Waals surface area contributed by atoms with Crippen LogP contribution in [0.1, 0.15) is 68.1 Å². The number of ketones is 1. The summed E-state index contributed by atoms with van der Waals surface area (Å²) < 4.78 is 34.2. The Morgan fingerprint density at radius 3 is 2.14 bits per heavy atom. The van der Waals surface area contributed by atoms with Gasteiger partial charge in [-0.25, -0.2) is 8.42 Å². The largest absolute Gasteiger partial charge is 0.497 e. The normalized spacial score (nSPS) is 21.8. The number of hydrogen-bond donors (Lipinski definition) is 0. The van der Waals surface area contributed by atoms with E-state index in [2.05, 4.69) is 49.3 Å². The number of carbonyl (C=O) groups excluding carboxylic acids is 2. The molecule has 2 aliphatic heterocycles. The van der Waals surface area contributed by atoms with Crippen LogP contribution in [0.3, 0.4) is 0 Å². The zero-order chi connectivity index (χ0) is 31.0. The summed E-state index contributed by atoms with van der Waals surface area (Å²) in [5.41, 5.74) is 2.69. The molecule has 0 unspecified atom stereocenters. The number of piperidine rings is 1. The van der Waals surface area contributed by atoms with Gasteiger partial charge in [0.05, 0.1) is 18.4 Å². The number of likely N-dealkylation sites (tertiary alicyclic amines) is 1. The standard InChI is InChI=1S/C34H45N3O5S/c1-25-22-28(42-5)23-26(2)32(25)43(40,41)37-19-9-12-30(38)29(37)24-31(39)36-20-17-33(18-21-36)13-15-34(16-14-33,35(3)4)27-10-7-6-8-11-27/h6-11,19,22-23,29H,12-18,20-21,24H2,1-5H3/t29-/m1/s1. The van der Waals surface area contributed by atoms with Crippen molar-refractivity contribution < 1.29 is 22.7 Å². The Bertz CT molecular complexity index is 1460. The van der Waals surface area contributed by atoms with E-state index in [1.54, 1.807) is 32.1 Å². The topological polar surface area (TPSA) is 87.2 Å². The highest BCUT2D eigenvalue weighted by atomic mass is 32.2. The minimum absolute atomic E-state index is 0.0316. The molecule has 3 aliphatic rings. The smallest absolute Gasteiger partial charge is 0.265 e. The lowest BCUT2D eigenvalue weighted by Gasteiger charge is -2.52. The molecule has 0 aromatic heterocycles. The van der Waals surface area contributed by atoms with Crippen LogP contribution in [0.4, 0.5) is 0 Å². The van der Waals surface area contributed by atoms with Gasteiger partial charge in [0, 0.05) is 31.2 Å². The third-order valence-corrected chi connectivity index (χ3v) is 12.4. The van der Waals surface area contributed by atoms with E-state index in [0.29, 0.717) is 30.0 Å². The number of nitrogens with zero attached hydrogens (tertiary/aromatic N) is 3.